The van der Waals surface area contributed by atoms with E-state index in [2.05, 4.69) is 18.0 Å². The number of rotatable bonds is 1. The van der Waals surface area contributed by atoms with Crippen molar-refractivity contribution in [2.45, 2.75) is 44.6 Å². The summed E-state index contributed by atoms with van der Waals surface area (Å²) in [4.78, 5) is 4.65. The Bertz CT molecular complexity index is 524. The summed E-state index contributed by atoms with van der Waals surface area (Å²) in [6.45, 7) is 2.07. The van der Waals surface area contributed by atoms with Crippen LogP contribution in [0, 0.1) is 6.92 Å². The highest BCUT2D eigenvalue weighted by Crippen LogP contribution is 2.33. The van der Waals surface area contributed by atoms with Crippen LogP contribution in [0.15, 0.2) is 22.6 Å². The molecule has 0 atom stereocenters. The summed E-state index contributed by atoms with van der Waals surface area (Å²) < 4.78 is 5.87. The minimum atomic E-state index is 0.373. The highest BCUT2D eigenvalue weighted by atomic mass is 16.3. The number of nitrogens with zero attached hydrogens (tertiary/aromatic N) is 1. The van der Waals surface area contributed by atoms with E-state index in [-0.39, 0.29) is 0 Å². The molecule has 1 aromatic heterocycles. The Morgan fingerprint density at radius 2 is 2.00 bits per heavy atom. The largest absolute Gasteiger partial charge is 0.440 e. The Labute approximate surface area is 101 Å². The molecule has 1 aliphatic rings. The second kappa shape index (κ2) is 4.15. The molecule has 0 aliphatic heterocycles. The third kappa shape index (κ3) is 1.95. The summed E-state index contributed by atoms with van der Waals surface area (Å²) in [6.07, 6.45) is 4.38. The van der Waals surface area contributed by atoms with Crippen LogP contribution in [0.4, 0.5) is 0 Å². The molecule has 0 saturated heterocycles. The number of fused-ring (bicyclic) bond motifs is 1. The summed E-state index contributed by atoms with van der Waals surface area (Å²) >= 11 is 0. The first kappa shape index (κ1) is 10.8. The number of aromatic nitrogens is 1. The third-order valence-corrected chi connectivity index (χ3v) is 3.76. The Kier molecular flexibility index (Phi) is 2.63. The van der Waals surface area contributed by atoms with E-state index in [9.17, 15) is 0 Å². The van der Waals surface area contributed by atoms with Crippen molar-refractivity contribution in [2.75, 3.05) is 0 Å². The number of hydrogen-bond donors (Lipinski definition) is 1. The molecule has 3 rings (SSSR count). The smallest absolute Gasteiger partial charge is 0.198 e. The highest BCUT2D eigenvalue weighted by molar-refractivity contribution is 5.76. The maximum Gasteiger partial charge on any atom is 0.198 e. The number of aryl methyl sites for hydroxylation is 1. The van der Waals surface area contributed by atoms with Crippen LogP contribution in [0.5, 0.6) is 0 Å². The summed E-state index contributed by atoms with van der Waals surface area (Å²) in [6, 6.07) is 6.46. The Morgan fingerprint density at radius 3 is 2.71 bits per heavy atom. The van der Waals surface area contributed by atoms with E-state index in [0.29, 0.717) is 12.0 Å². The zero-order valence-electron chi connectivity index (χ0n) is 10.1. The van der Waals surface area contributed by atoms with Gasteiger partial charge in [0.15, 0.2) is 11.5 Å². The second-order valence-corrected chi connectivity index (χ2v) is 5.09. The number of hydrogen-bond acceptors (Lipinski definition) is 3. The molecule has 1 aliphatic carbocycles. The number of nitrogens with two attached hydrogens (primary N) is 1. The summed E-state index contributed by atoms with van der Waals surface area (Å²) in [7, 11) is 0. The van der Waals surface area contributed by atoms with Crippen molar-refractivity contribution in [3.63, 3.8) is 0 Å². The van der Waals surface area contributed by atoms with E-state index >= 15 is 0 Å². The van der Waals surface area contributed by atoms with Crippen LogP contribution in [-0.4, -0.2) is 11.0 Å². The van der Waals surface area contributed by atoms with E-state index in [1.54, 1.807) is 0 Å². The van der Waals surface area contributed by atoms with Crippen LogP contribution in [-0.2, 0) is 0 Å². The van der Waals surface area contributed by atoms with Crippen LogP contribution in [0.25, 0.3) is 11.1 Å². The average Bonchev–Trinajstić information content (AvgIpc) is 2.75. The van der Waals surface area contributed by atoms with Crippen molar-refractivity contribution in [1.82, 2.24) is 4.98 Å². The van der Waals surface area contributed by atoms with E-state index in [1.807, 2.05) is 12.1 Å². The molecule has 1 saturated carbocycles. The molecule has 2 N–H and O–H groups in total. The summed E-state index contributed by atoms with van der Waals surface area (Å²) in [5, 5.41) is 0. The standard InChI is InChI=1S/C14H18N2O/c1-9-3-2-4-12-13(9)16-14(17-12)10-5-7-11(15)8-6-10/h2-4,10-11H,5-8,15H2,1H3. The lowest BCUT2D eigenvalue weighted by Crippen LogP contribution is -2.25. The van der Waals surface area contributed by atoms with Crippen molar-refractivity contribution in [3.05, 3.63) is 29.7 Å². The molecule has 0 radical (unpaired) electrons. The molecule has 0 amide bonds. The van der Waals surface area contributed by atoms with Gasteiger partial charge in [0.05, 0.1) is 0 Å². The van der Waals surface area contributed by atoms with Gasteiger partial charge in [-0.25, -0.2) is 4.98 Å². The molecule has 1 aromatic carbocycles. The van der Waals surface area contributed by atoms with E-state index in [0.717, 1.165) is 42.7 Å². The van der Waals surface area contributed by atoms with Gasteiger partial charge in [-0.3, -0.25) is 0 Å². The van der Waals surface area contributed by atoms with Crippen molar-refractivity contribution >= 4 is 11.1 Å². The van der Waals surface area contributed by atoms with Crippen LogP contribution in [0.2, 0.25) is 0 Å². The first-order valence-corrected chi connectivity index (χ1v) is 6.35. The van der Waals surface area contributed by atoms with Gasteiger partial charge in [0.2, 0.25) is 0 Å². The lowest BCUT2D eigenvalue weighted by atomic mass is 9.86. The highest BCUT2D eigenvalue weighted by Gasteiger charge is 2.24. The topological polar surface area (TPSA) is 52.0 Å². The van der Waals surface area contributed by atoms with Gasteiger partial charge in [-0.2, -0.15) is 0 Å². The van der Waals surface area contributed by atoms with Gasteiger partial charge in [0.25, 0.3) is 0 Å². The van der Waals surface area contributed by atoms with Gasteiger partial charge >= 0.3 is 0 Å². The zero-order chi connectivity index (χ0) is 11.8. The predicted molar refractivity (Wildman–Crippen MR) is 67.9 cm³/mol. The Balaban J connectivity index is 1.93. The fourth-order valence-corrected chi connectivity index (χ4v) is 2.64. The quantitative estimate of drug-likeness (QED) is 0.818. The van der Waals surface area contributed by atoms with Gasteiger partial charge in [-0.05, 0) is 44.2 Å². The van der Waals surface area contributed by atoms with Crippen molar-refractivity contribution in [3.8, 4) is 0 Å². The number of benzene rings is 1. The molecule has 90 valence electrons. The van der Waals surface area contributed by atoms with E-state index in [1.165, 1.54) is 5.56 Å². The molecule has 1 heterocycles. The monoisotopic (exact) mass is 230 g/mol. The van der Waals surface area contributed by atoms with Gasteiger partial charge in [0, 0.05) is 12.0 Å². The minimum absolute atomic E-state index is 0.373. The SMILES string of the molecule is Cc1cccc2oc(C3CCC(N)CC3)nc12. The molecular formula is C14H18N2O. The first-order chi connectivity index (χ1) is 8.24. The third-order valence-electron chi connectivity index (χ3n) is 3.76. The molecule has 0 bridgehead atoms. The fourth-order valence-electron chi connectivity index (χ4n) is 2.64. The zero-order valence-corrected chi connectivity index (χ0v) is 10.1. The fraction of sp³-hybridized carbons (Fsp3) is 0.500. The van der Waals surface area contributed by atoms with Crippen molar-refractivity contribution in [2.24, 2.45) is 5.73 Å². The van der Waals surface area contributed by atoms with Crippen LogP contribution in [0.1, 0.15) is 43.1 Å². The van der Waals surface area contributed by atoms with E-state index in [4.69, 9.17) is 10.2 Å². The number of oxazole rings is 1. The lowest BCUT2D eigenvalue weighted by molar-refractivity contribution is 0.346. The average molecular weight is 230 g/mol. The maximum absolute atomic E-state index is 5.92. The molecule has 3 nitrogen and oxygen atoms in total. The predicted octanol–water partition coefficient (Wildman–Crippen LogP) is 3.12. The molecule has 2 aromatic rings. The van der Waals surface area contributed by atoms with Gasteiger partial charge in [0.1, 0.15) is 5.52 Å². The van der Waals surface area contributed by atoms with Gasteiger partial charge in [-0.1, -0.05) is 12.1 Å². The minimum Gasteiger partial charge on any atom is -0.440 e. The van der Waals surface area contributed by atoms with Gasteiger partial charge < -0.3 is 10.2 Å². The molecule has 0 spiro atoms. The maximum atomic E-state index is 5.92. The lowest BCUT2D eigenvalue weighted by Gasteiger charge is -2.23. The van der Waals surface area contributed by atoms with Crippen molar-refractivity contribution in [1.29, 1.82) is 0 Å². The summed E-state index contributed by atoms with van der Waals surface area (Å²) in [5.74, 6) is 1.36. The molecule has 17 heavy (non-hydrogen) atoms. The van der Waals surface area contributed by atoms with Crippen LogP contribution >= 0.6 is 0 Å². The molecule has 1 fully saturated rings. The van der Waals surface area contributed by atoms with E-state index < -0.39 is 0 Å². The first-order valence-electron chi connectivity index (χ1n) is 6.35. The van der Waals surface area contributed by atoms with Crippen LogP contribution in [0.3, 0.4) is 0 Å². The molecule has 3 heteroatoms. The van der Waals surface area contributed by atoms with Crippen LogP contribution < -0.4 is 5.73 Å². The number of para-hydroxylation sites is 1. The summed E-state index contributed by atoms with van der Waals surface area (Å²) in [5.41, 5.74) is 9.03. The van der Waals surface area contributed by atoms with Crippen molar-refractivity contribution < 1.29 is 4.42 Å². The molecule has 0 unspecified atom stereocenters. The second-order valence-electron chi connectivity index (χ2n) is 5.09. The molecular weight excluding hydrogens is 212 g/mol. The normalized spacial score (nSPS) is 25.3. The van der Waals surface area contributed by atoms with Gasteiger partial charge in [-0.15, -0.1) is 0 Å². The Hall–Kier alpha value is -1.35. The Morgan fingerprint density at radius 1 is 1.24 bits per heavy atom.